The molecule has 0 unspecified atom stereocenters. The molecule has 31 rings (SSSR count). The van der Waals surface area contributed by atoms with E-state index in [4.69, 9.17) is 29.9 Å². The van der Waals surface area contributed by atoms with Crippen LogP contribution < -0.4 is 9.80 Å². The molecule has 0 radical (unpaired) electrons. The van der Waals surface area contributed by atoms with Gasteiger partial charge in [0, 0.05) is 44.8 Å². The van der Waals surface area contributed by atoms with Crippen LogP contribution in [0.5, 0.6) is 0 Å². The van der Waals surface area contributed by atoms with Gasteiger partial charge in [-0.2, -0.15) is 0 Å². The quantitative estimate of drug-likeness (QED) is 0.127. The number of hydrogen-bond donors (Lipinski definition) is 0. The van der Waals surface area contributed by atoms with Gasteiger partial charge in [0.1, 0.15) is 0 Å². The summed E-state index contributed by atoms with van der Waals surface area (Å²) in [6.45, 7) is 0. The number of aromatic nitrogens is 6. The maximum Gasteiger partial charge on any atom is 0.164 e. The van der Waals surface area contributed by atoms with Gasteiger partial charge < -0.3 is 9.80 Å². The minimum absolute atomic E-state index is 0.584. The number of benzene rings is 23. The molecule has 23 aromatic carbocycles. The highest BCUT2D eigenvalue weighted by Gasteiger charge is 2.62. The summed E-state index contributed by atoms with van der Waals surface area (Å²) in [5.41, 5.74) is 39.7. The molecule has 0 atom stereocenters. The third-order valence-corrected chi connectivity index (χ3v) is 33.1. The predicted octanol–water partition coefficient (Wildman–Crippen LogP) is 34.2. The minimum Gasteiger partial charge on any atom is -0.310 e. The molecular formula is C142H88N8. The second kappa shape index (κ2) is 33.0. The zero-order valence-electron chi connectivity index (χ0n) is 81.4. The van der Waals surface area contributed by atoms with Crippen molar-refractivity contribution in [1.29, 1.82) is 0 Å². The Morgan fingerprint density at radius 2 is 0.433 bits per heavy atom. The van der Waals surface area contributed by atoms with Crippen molar-refractivity contribution < 1.29 is 0 Å². The highest BCUT2D eigenvalue weighted by Crippen LogP contribution is 2.72. The third kappa shape index (κ3) is 12.0. The molecule has 4 heterocycles. The fourth-order valence-electron chi connectivity index (χ4n) is 27.1. The van der Waals surface area contributed by atoms with Crippen molar-refractivity contribution in [1.82, 2.24) is 29.9 Å². The average molecular weight is 1910 g/mol. The molecule has 8 heteroatoms. The molecule has 2 aliphatic heterocycles. The van der Waals surface area contributed by atoms with Crippen LogP contribution in [0.2, 0.25) is 0 Å². The molecule has 0 N–H and O–H groups in total. The van der Waals surface area contributed by atoms with Gasteiger partial charge in [-0.25, -0.2) is 29.9 Å². The van der Waals surface area contributed by atoms with Gasteiger partial charge in [0.15, 0.2) is 34.9 Å². The summed E-state index contributed by atoms with van der Waals surface area (Å²) in [6, 6.07) is 199. The van der Waals surface area contributed by atoms with Gasteiger partial charge in [-0.1, -0.05) is 461 Å². The van der Waals surface area contributed by atoms with Crippen LogP contribution in [-0.4, -0.2) is 29.9 Å². The highest BCUT2D eigenvalue weighted by atomic mass is 15.2. The number of nitrogens with zero attached hydrogens (tertiary/aromatic N) is 8. The Kier molecular flexibility index (Phi) is 18.7. The maximum atomic E-state index is 5.57. The van der Waals surface area contributed by atoms with Crippen molar-refractivity contribution >= 4 is 66.4 Å². The van der Waals surface area contributed by atoms with Crippen LogP contribution in [0.15, 0.2) is 534 Å². The first-order valence-corrected chi connectivity index (χ1v) is 51.7. The van der Waals surface area contributed by atoms with Crippen molar-refractivity contribution in [2.24, 2.45) is 0 Å². The fourth-order valence-corrected chi connectivity index (χ4v) is 27.1. The van der Waals surface area contributed by atoms with Gasteiger partial charge in [0.25, 0.3) is 0 Å². The molecule has 150 heavy (non-hydrogen) atoms. The molecular weight excluding hydrogens is 1820 g/mol. The Hall–Kier alpha value is -19.5. The Labute approximate surface area is 868 Å². The normalized spacial score (nSPS) is 14.1. The number of hydrogen-bond acceptors (Lipinski definition) is 8. The lowest BCUT2D eigenvalue weighted by Crippen LogP contribution is -2.47. The zero-order valence-corrected chi connectivity index (χ0v) is 81.4. The molecule has 4 spiro atoms. The van der Waals surface area contributed by atoms with E-state index in [9.17, 15) is 0 Å². The summed E-state index contributed by atoms with van der Waals surface area (Å²) in [4.78, 5) is 37.7. The van der Waals surface area contributed by atoms with E-state index in [0.29, 0.717) is 34.9 Å². The first-order chi connectivity index (χ1) is 74.4. The summed E-state index contributed by atoms with van der Waals surface area (Å²) >= 11 is 0. The van der Waals surface area contributed by atoms with E-state index in [0.717, 1.165) is 139 Å². The first kappa shape index (κ1) is 84.9. The van der Waals surface area contributed by atoms with E-state index in [-0.39, 0.29) is 0 Å². The summed E-state index contributed by atoms with van der Waals surface area (Å²) in [6.07, 6.45) is 0. The molecule has 25 aromatic rings. The van der Waals surface area contributed by atoms with Crippen LogP contribution in [0.4, 0.5) is 34.1 Å². The number of rotatable bonds is 11. The summed E-state index contributed by atoms with van der Waals surface area (Å²) in [5, 5.41) is 6.65. The lowest BCUT2D eigenvalue weighted by molar-refractivity contribution is 0.619. The smallest absolute Gasteiger partial charge is 0.164 e. The van der Waals surface area contributed by atoms with Crippen molar-refractivity contribution in [3.05, 3.63) is 623 Å². The lowest BCUT2D eigenvalue weighted by atomic mass is 9.50. The Balaban J connectivity index is 0.576. The lowest BCUT2D eigenvalue weighted by Gasteiger charge is -2.53. The molecule has 2 aromatic heterocycles. The van der Waals surface area contributed by atoms with Gasteiger partial charge in [-0.3, -0.25) is 0 Å². The van der Waals surface area contributed by atoms with E-state index in [1.165, 1.54) is 106 Å². The molecule has 8 nitrogen and oxygen atoms in total. The molecule has 0 saturated carbocycles. The van der Waals surface area contributed by atoms with Gasteiger partial charge in [-0.15, -0.1) is 0 Å². The largest absolute Gasteiger partial charge is 0.310 e. The van der Waals surface area contributed by atoms with Crippen molar-refractivity contribution in [3.8, 4) is 124 Å². The van der Waals surface area contributed by atoms with Crippen LogP contribution in [-0.2, 0) is 21.7 Å². The molecule has 0 bridgehead atoms. The highest BCUT2D eigenvalue weighted by molar-refractivity contribution is 6.04. The van der Waals surface area contributed by atoms with Crippen molar-refractivity contribution in [3.63, 3.8) is 0 Å². The van der Waals surface area contributed by atoms with Crippen LogP contribution in [0.25, 0.3) is 156 Å². The fraction of sp³-hybridized carbons (Fsp3) is 0.0282. The zero-order chi connectivity index (χ0) is 98.5. The molecule has 0 fully saturated rings. The van der Waals surface area contributed by atoms with E-state index in [1.54, 1.807) is 0 Å². The van der Waals surface area contributed by atoms with Gasteiger partial charge >= 0.3 is 0 Å². The molecule has 6 aliphatic rings. The molecule has 0 amide bonds. The van der Waals surface area contributed by atoms with E-state index < -0.39 is 21.7 Å². The van der Waals surface area contributed by atoms with E-state index in [1.807, 2.05) is 6.07 Å². The SMILES string of the molecule is c1ccc(-c2nc(-c3ccccc3-c3ccc4c(c3)C3(c5ccccc5N4c4ccc(-c5cccc6c5-c5ccccc5C65c6ccccc6C6(c7ccccc7N(c7ccccc7)c7ccc(-c8cccc(-c9nc(-c%10ccc%11ccccc%11c%10)nc(-c%10cccc%11ccccc%10%11)n9)c8)cc76)c6ccccc65)cc4)c4ccccc4C4(c5ccccc5-c5ccccc54)c4ccccc43)nc(-c3cccc4ccccc34)n2)cc1. The Morgan fingerprint density at radius 1 is 0.133 bits per heavy atom. The van der Waals surface area contributed by atoms with Crippen molar-refractivity contribution in [2.75, 3.05) is 9.80 Å². The maximum absolute atomic E-state index is 5.57. The van der Waals surface area contributed by atoms with Crippen LogP contribution in [0, 0.1) is 0 Å². The van der Waals surface area contributed by atoms with Gasteiger partial charge in [0.2, 0.25) is 0 Å². The molecule has 4 aliphatic carbocycles. The monoisotopic (exact) mass is 1900 g/mol. The van der Waals surface area contributed by atoms with Crippen LogP contribution in [0.1, 0.15) is 89.0 Å². The Morgan fingerprint density at radius 3 is 0.973 bits per heavy atom. The Bertz CT molecular complexity index is 9830. The van der Waals surface area contributed by atoms with Gasteiger partial charge in [-0.05, 0) is 250 Å². The van der Waals surface area contributed by atoms with E-state index >= 15 is 0 Å². The third-order valence-electron chi connectivity index (χ3n) is 33.1. The van der Waals surface area contributed by atoms with Crippen LogP contribution in [0.3, 0.4) is 0 Å². The standard InChI is InChI=1S/C142H88N8/c1-3-40-93(41-4-1)133-144-137(148-138(145-133)110-58-35-44-91-39-10-12-50-103(91)110)108-54-14-13-51-104(108)97-80-84-131-127(88-97)142(119-66-25-21-62-115(119)139(116-63-22-26-67-120(116)142)112-59-18-15-52-106(112)107-53-16-19-60-113(107)139)124-71-30-32-74-129(124)150(131)101-81-77-92(78-82-101)105-56-36-72-125-132(105)111-55-17-20-61-114(111)140(125)117-64-23-27-68-121(117)141(122-69-28-24-65-118(122)140)123-70-29-31-73-128(123)149(100-47-5-2-6-48-100)130-83-79-96(87-126(130)141)95-45-33-46-98(86-95)134-143-135(99-76-75-89-37-7-8-42-94(89)85-99)147-136(146-134)109-57-34-43-90-38-9-11-49-102(90)109/h1-88H. The second-order valence-electron chi connectivity index (χ2n) is 40.3. The number of fused-ring (bicyclic) bond motifs is 33. The molecule has 0 saturated heterocycles. The number of para-hydroxylation sites is 3. The van der Waals surface area contributed by atoms with Crippen molar-refractivity contribution in [2.45, 2.75) is 21.7 Å². The molecule has 696 valence electrons. The first-order valence-electron chi connectivity index (χ1n) is 51.7. The number of anilines is 6. The van der Waals surface area contributed by atoms with Crippen LogP contribution >= 0.6 is 0 Å². The topological polar surface area (TPSA) is 83.8 Å². The summed E-state index contributed by atoms with van der Waals surface area (Å²) in [5.74, 6) is 3.60. The van der Waals surface area contributed by atoms with Gasteiger partial charge in [0.05, 0.1) is 44.4 Å². The average Bonchev–Trinajstić information content (AvgIpc) is 1.23. The minimum atomic E-state index is -0.909. The van der Waals surface area contributed by atoms with E-state index in [2.05, 4.69) is 538 Å². The summed E-state index contributed by atoms with van der Waals surface area (Å²) in [7, 11) is 0. The predicted molar refractivity (Wildman–Crippen MR) is 609 cm³/mol. The second-order valence-corrected chi connectivity index (χ2v) is 40.3. The summed E-state index contributed by atoms with van der Waals surface area (Å²) < 4.78 is 0.